The zero-order valence-corrected chi connectivity index (χ0v) is 19.8. The fraction of sp³-hybridized carbons (Fsp3) is 0.222. The summed E-state index contributed by atoms with van der Waals surface area (Å²) < 4.78 is 17.7. The normalized spacial score (nSPS) is 13.7. The molecule has 7 heteroatoms. The van der Waals surface area contributed by atoms with E-state index in [1.165, 1.54) is 0 Å². The highest BCUT2D eigenvalue weighted by Crippen LogP contribution is 2.34. The highest BCUT2D eigenvalue weighted by Gasteiger charge is 2.15. The second-order valence-corrected chi connectivity index (χ2v) is 8.05. The maximum Gasteiger partial charge on any atom is 0.142 e. The Hall–Kier alpha value is -3.48. The van der Waals surface area contributed by atoms with Crippen molar-refractivity contribution < 1.29 is 14.2 Å². The molecule has 0 amide bonds. The summed E-state index contributed by atoms with van der Waals surface area (Å²) in [6, 6.07) is 23.5. The van der Waals surface area contributed by atoms with Gasteiger partial charge in [-0.2, -0.15) is 0 Å². The van der Waals surface area contributed by atoms with Gasteiger partial charge in [-0.15, -0.1) is 12.4 Å². The molecular formula is C27H28ClN3O3. The summed E-state index contributed by atoms with van der Waals surface area (Å²) >= 11 is 0. The van der Waals surface area contributed by atoms with Crippen molar-refractivity contribution >= 4 is 34.7 Å². The summed E-state index contributed by atoms with van der Waals surface area (Å²) in [5.41, 5.74) is 0.778. The fourth-order valence-electron chi connectivity index (χ4n) is 3.98. The third kappa shape index (κ3) is 5.71. The van der Waals surface area contributed by atoms with E-state index in [0.717, 1.165) is 59.7 Å². The maximum absolute atomic E-state index is 6.21. The smallest absolute Gasteiger partial charge is 0.142 e. The minimum Gasteiger partial charge on any atom is -0.495 e. The van der Waals surface area contributed by atoms with Crippen molar-refractivity contribution in [3.05, 3.63) is 79.0 Å². The number of rotatable bonds is 7. The number of hydrogen-bond donors (Lipinski definition) is 2. The summed E-state index contributed by atoms with van der Waals surface area (Å²) in [6.45, 7) is 2.01. The van der Waals surface area contributed by atoms with E-state index >= 15 is 0 Å². The van der Waals surface area contributed by atoms with Crippen molar-refractivity contribution in [3.8, 4) is 23.0 Å². The first kappa shape index (κ1) is 23.7. The van der Waals surface area contributed by atoms with Crippen LogP contribution in [-0.4, -0.2) is 31.3 Å². The van der Waals surface area contributed by atoms with Gasteiger partial charge in [-0.3, -0.25) is 0 Å². The first-order chi connectivity index (χ1) is 16.3. The molecule has 176 valence electrons. The van der Waals surface area contributed by atoms with Crippen molar-refractivity contribution in [2.24, 2.45) is 0 Å². The van der Waals surface area contributed by atoms with Crippen LogP contribution in [-0.2, 0) is 0 Å². The number of nitrogens with one attached hydrogen (secondary N) is 2. The number of pyridine rings is 1. The Morgan fingerprint density at radius 1 is 0.853 bits per heavy atom. The second kappa shape index (κ2) is 11.1. The number of benzene rings is 3. The molecule has 2 heterocycles. The van der Waals surface area contributed by atoms with Crippen LogP contribution in [0.3, 0.4) is 0 Å². The number of halogens is 1. The minimum absolute atomic E-state index is 0. The van der Waals surface area contributed by atoms with E-state index in [0.29, 0.717) is 11.5 Å². The molecule has 0 radical (unpaired) electrons. The third-order valence-electron chi connectivity index (χ3n) is 5.69. The van der Waals surface area contributed by atoms with Crippen LogP contribution < -0.4 is 24.8 Å². The van der Waals surface area contributed by atoms with Gasteiger partial charge in [0.2, 0.25) is 0 Å². The lowest BCUT2D eigenvalue weighted by atomic mass is 10.1. The molecule has 6 nitrogen and oxygen atoms in total. The molecule has 34 heavy (non-hydrogen) atoms. The Morgan fingerprint density at radius 3 is 2.44 bits per heavy atom. The van der Waals surface area contributed by atoms with Crippen molar-refractivity contribution in [1.82, 2.24) is 10.3 Å². The van der Waals surface area contributed by atoms with E-state index in [2.05, 4.69) is 27.8 Å². The fourth-order valence-corrected chi connectivity index (χ4v) is 3.98. The molecule has 0 unspecified atom stereocenters. The molecule has 1 fully saturated rings. The molecule has 0 saturated carbocycles. The molecule has 3 aromatic carbocycles. The van der Waals surface area contributed by atoms with Gasteiger partial charge in [-0.25, -0.2) is 4.98 Å². The molecule has 0 aliphatic carbocycles. The Bertz CT molecular complexity index is 1230. The summed E-state index contributed by atoms with van der Waals surface area (Å²) in [5.74, 6) is 3.81. The topological polar surface area (TPSA) is 64.6 Å². The Labute approximate surface area is 205 Å². The van der Waals surface area contributed by atoms with Gasteiger partial charge in [0.1, 0.15) is 34.9 Å². The number of aromatic nitrogens is 1. The lowest BCUT2D eigenvalue weighted by Crippen LogP contribution is -2.34. The average molecular weight is 478 g/mol. The Kier molecular flexibility index (Phi) is 7.72. The van der Waals surface area contributed by atoms with Gasteiger partial charge in [0.15, 0.2) is 0 Å². The zero-order valence-electron chi connectivity index (χ0n) is 19.0. The number of methoxy groups -OCH3 is 1. The summed E-state index contributed by atoms with van der Waals surface area (Å²) in [5, 5.41) is 8.88. The predicted molar refractivity (Wildman–Crippen MR) is 138 cm³/mol. The summed E-state index contributed by atoms with van der Waals surface area (Å²) in [7, 11) is 1.65. The van der Waals surface area contributed by atoms with E-state index < -0.39 is 0 Å². The molecule has 1 aliphatic rings. The predicted octanol–water partition coefficient (Wildman–Crippen LogP) is 6.33. The zero-order chi connectivity index (χ0) is 22.5. The lowest BCUT2D eigenvalue weighted by molar-refractivity contribution is 0.162. The minimum atomic E-state index is 0. The van der Waals surface area contributed by atoms with Gasteiger partial charge in [0.05, 0.1) is 12.8 Å². The number of para-hydroxylation sites is 1. The van der Waals surface area contributed by atoms with E-state index in [1.807, 2.05) is 66.9 Å². The van der Waals surface area contributed by atoms with Crippen LogP contribution in [0.25, 0.3) is 10.8 Å². The molecule has 0 spiro atoms. The van der Waals surface area contributed by atoms with Crippen molar-refractivity contribution in [2.75, 3.05) is 25.5 Å². The van der Waals surface area contributed by atoms with Crippen LogP contribution in [0.2, 0.25) is 0 Å². The number of hydrogen-bond acceptors (Lipinski definition) is 6. The Balaban J connectivity index is 0.00000274. The van der Waals surface area contributed by atoms with Gasteiger partial charge in [-0.1, -0.05) is 18.2 Å². The van der Waals surface area contributed by atoms with Gasteiger partial charge >= 0.3 is 0 Å². The van der Waals surface area contributed by atoms with Crippen LogP contribution in [0.5, 0.6) is 23.0 Å². The van der Waals surface area contributed by atoms with Gasteiger partial charge in [-0.05, 0) is 79.8 Å². The quantitative estimate of drug-likeness (QED) is 0.324. The molecule has 5 rings (SSSR count). The van der Waals surface area contributed by atoms with Crippen molar-refractivity contribution in [3.63, 3.8) is 0 Å². The second-order valence-electron chi connectivity index (χ2n) is 8.05. The molecule has 0 bridgehead atoms. The van der Waals surface area contributed by atoms with E-state index in [-0.39, 0.29) is 18.5 Å². The number of nitrogens with zero attached hydrogens (tertiary/aromatic N) is 1. The van der Waals surface area contributed by atoms with Gasteiger partial charge in [0.25, 0.3) is 0 Å². The van der Waals surface area contributed by atoms with E-state index in [9.17, 15) is 0 Å². The van der Waals surface area contributed by atoms with Crippen molar-refractivity contribution in [1.29, 1.82) is 0 Å². The van der Waals surface area contributed by atoms with Crippen LogP contribution >= 0.6 is 12.4 Å². The molecule has 0 atom stereocenters. The van der Waals surface area contributed by atoms with E-state index in [1.54, 1.807) is 7.11 Å². The highest BCUT2D eigenvalue weighted by molar-refractivity contribution is 5.86. The maximum atomic E-state index is 6.21. The first-order valence-corrected chi connectivity index (χ1v) is 11.2. The molecule has 1 saturated heterocycles. The van der Waals surface area contributed by atoms with Crippen LogP contribution in [0.1, 0.15) is 12.8 Å². The molecule has 1 aliphatic heterocycles. The van der Waals surface area contributed by atoms with Crippen LogP contribution in [0, 0.1) is 0 Å². The van der Waals surface area contributed by atoms with Gasteiger partial charge < -0.3 is 24.8 Å². The summed E-state index contributed by atoms with van der Waals surface area (Å²) in [6.07, 6.45) is 4.19. The average Bonchev–Trinajstić information content (AvgIpc) is 2.85. The monoisotopic (exact) mass is 477 g/mol. The first-order valence-electron chi connectivity index (χ1n) is 11.2. The number of fused-ring (bicyclic) bond motifs is 1. The molecular weight excluding hydrogens is 450 g/mol. The highest BCUT2D eigenvalue weighted by atomic mass is 35.5. The molecule has 2 N–H and O–H groups in total. The van der Waals surface area contributed by atoms with E-state index in [4.69, 9.17) is 14.2 Å². The summed E-state index contributed by atoms with van der Waals surface area (Å²) in [4.78, 5) is 4.58. The lowest BCUT2D eigenvalue weighted by Gasteiger charge is -2.24. The number of anilines is 2. The third-order valence-corrected chi connectivity index (χ3v) is 5.69. The number of piperidine rings is 1. The Morgan fingerprint density at radius 2 is 1.65 bits per heavy atom. The van der Waals surface area contributed by atoms with Crippen LogP contribution in [0.4, 0.5) is 11.5 Å². The number of ether oxygens (including phenoxy) is 3. The van der Waals surface area contributed by atoms with Crippen molar-refractivity contribution in [2.45, 2.75) is 18.9 Å². The largest absolute Gasteiger partial charge is 0.495 e. The SMILES string of the molecule is COc1ccc(Oc2ccccc2)cc1Nc1cc2cc(OC3CCNCC3)ccc2cn1.Cl. The molecule has 1 aromatic heterocycles. The molecule has 4 aromatic rings. The standard InChI is InChI=1S/C27H27N3O3.ClH/c1-31-26-10-9-24(32-21-5-3-2-4-6-21)17-25(26)30-27-16-20-15-23(8-7-19(20)18-29-27)33-22-11-13-28-14-12-22;/h2-10,15-18,22,28H,11-14H2,1H3,(H,29,30);1H. The van der Waals surface area contributed by atoms with Gasteiger partial charge in [0, 0.05) is 17.6 Å². The van der Waals surface area contributed by atoms with Crippen LogP contribution in [0.15, 0.2) is 79.0 Å².